The van der Waals surface area contributed by atoms with E-state index >= 15 is 0 Å². The summed E-state index contributed by atoms with van der Waals surface area (Å²) in [6, 6.07) is 6.41. The van der Waals surface area contributed by atoms with E-state index in [1.165, 1.54) is 6.92 Å². The number of rotatable bonds is 13. The van der Waals surface area contributed by atoms with Crippen molar-refractivity contribution < 1.29 is 24.3 Å². The lowest BCUT2D eigenvalue weighted by atomic mass is 9.86. The number of carboxylic acids is 1. The van der Waals surface area contributed by atoms with Crippen LogP contribution in [0.15, 0.2) is 35.3 Å². The molecule has 0 heterocycles. The molecular weight excluding hydrogens is 478 g/mol. The zero-order chi connectivity index (χ0) is 27.4. The molecule has 1 saturated carbocycles. The van der Waals surface area contributed by atoms with Crippen molar-refractivity contribution in [2.45, 2.75) is 76.0 Å². The summed E-state index contributed by atoms with van der Waals surface area (Å²) in [5.74, 6) is -2.68. The van der Waals surface area contributed by atoms with Gasteiger partial charge >= 0.3 is 5.97 Å². The van der Waals surface area contributed by atoms with Gasteiger partial charge in [0, 0.05) is 19.0 Å². The number of nitrogens with one attached hydrogen (secondary N) is 3. The van der Waals surface area contributed by atoms with Gasteiger partial charge in [-0.1, -0.05) is 30.3 Å². The Labute approximate surface area is 216 Å². The molecule has 3 atom stereocenters. The van der Waals surface area contributed by atoms with Crippen molar-refractivity contribution in [2.75, 3.05) is 6.54 Å². The number of guanidine groups is 1. The number of carboxylic acid groups (broad SMARTS) is 1. The molecule has 0 saturated heterocycles. The molecule has 1 aliphatic rings. The van der Waals surface area contributed by atoms with Gasteiger partial charge in [0.15, 0.2) is 5.96 Å². The minimum Gasteiger partial charge on any atom is -0.481 e. The first-order chi connectivity index (χ1) is 17.6. The number of amides is 3. The quantitative estimate of drug-likeness (QED) is 0.101. The van der Waals surface area contributed by atoms with Crippen molar-refractivity contribution in [1.29, 1.82) is 0 Å². The largest absolute Gasteiger partial charge is 0.481 e. The molecule has 37 heavy (non-hydrogen) atoms. The predicted molar refractivity (Wildman–Crippen MR) is 139 cm³/mol. The number of hydrogen-bond donors (Lipinski definition) is 7. The van der Waals surface area contributed by atoms with Gasteiger partial charge < -0.3 is 38.3 Å². The second kappa shape index (κ2) is 14.8. The molecule has 12 nitrogen and oxygen atoms in total. The molecule has 0 unspecified atom stereocenters. The molecule has 10 N–H and O–H groups in total. The molecule has 204 valence electrons. The minimum absolute atomic E-state index is 0.0717. The Kier molecular flexibility index (Phi) is 11.8. The Morgan fingerprint density at radius 2 is 1.59 bits per heavy atom. The van der Waals surface area contributed by atoms with Crippen LogP contribution in [0.1, 0.15) is 51.0 Å². The Hall–Kier alpha value is -3.67. The highest BCUT2D eigenvalue weighted by Crippen LogP contribution is 2.24. The van der Waals surface area contributed by atoms with Gasteiger partial charge in [-0.05, 0) is 51.0 Å². The van der Waals surface area contributed by atoms with Gasteiger partial charge in [-0.3, -0.25) is 24.2 Å². The topological polar surface area (TPSA) is 215 Å². The van der Waals surface area contributed by atoms with E-state index in [1.54, 1.807) is 0 Å². The summed E-state index contributed by atoms with van der Waals surface area (Å²) < 4.78 is 0. The van der Waals surface area contributed by atoms with E-state index in [-0.39, 0.29) is 37.3 Å². The lowest BCUT2D eigenvalue weighted by molar-refractivity contribution is -0.143. The highest BCUT2D eigenvalue weighted by Gasteiger charge is 2.31. The smallest absolute Gasteiger partial charge is 0.306 e. The third kappa shape index (κ3) is 10.5. The third-order valence-corrected chi connectivity index (χ3v) is 6.33. The van der Waals surface area contributed by atoms with Crippen molar-refractivity contribution in [3.63, 3.8) is 0 Å². The Balaban J connectivity index is 2.12. The van der Waals surface area contributed by atoms with Crippen LogP contribution < -0.4 is 33.2 Å². The number of aliphatic carboxylic acids is 1. The first-order valence-corrected chi connectivity index (χ1v) is 12.6. The van der Waals surface area contributed by atoms with Crippen LogP contribution in [-0.2, 0) is 25.6 Å². The molecule has 0 aromatic heterocycles. The fourth-order valence-electron chi connectivity index (χ4n) is 4.19. The molecule has 0 aliphatic heterocycles. The molecular formula is C25H39N7O5. The van der Waals surface area contributed by atoms with Crippen molar-refractivity contribution >= 4 is 29.7 Å². The van der Waals surface area contributed by atoms with Gasteiger partial charge in [-0.15, -0.1) is 0 Å². The fourth-order valence-corrected chi connectivity index (χ4v) is 4.19. The van der Waals surface area contributed by atoms with E-state index < -0.39 is 41.8 Å². The maximum absolute atomic E-state index is 13.3. The highest BCUT2D eigenvalue weighted by atomic mass is 16.4. The second-order valence-corrected chi connectivity index (χ2v) is 9.44. The van der Waals surface area contributed by atoms with Crippen LogP contribution in [-0.4, -0.2) is 65.5 Å². The van der Waals surface area contributed by atoms with E-state index in [0.29, 0.717) is 32.1 Å². The third-order valence-electron chi connectivity index (χ3n) is 6.33. The number of carbonyl (C=O) groups excluding carboxylic acids is 3. The average Bonchev–Trinajstić information content (AvgIpc) is 2.85. The van der Waals surface area contributed by atoms with Crippen LogP contribution in [0.4, 0.5) is 0 Å². The maximum Gasteiger partial charge on any atom is 0.306 e. The van der Waals surface area contributed by atoms with Gasteiger partial charge in [0.25, 0.3) is 0 Å². The average molecular weight is 518 g/mol. The first-order valence-electron chi connectivity index (χ1n) is 12.6. The van der Waals surface area contributed by atoms with Crippen LogP contribution in [0.2, 0.25) is 0 Å². The van der Waals surface area contributed by atoms with E-state index in [1.807, 2.05) is 30.3 Å². The number of nitrogens with two attached hydrogens (primary N) is 3. The van der Waals surface area contributed by atoms with Gasteiger partial charge in [-0.2, -0.15) is 0 Å². The summed E-state index contributed by atoms with van der Waals surface area (Å²) in [6.45, 7) is 1.78. The SMILES string of the molecule is C[C@H](N)C(=O)N[C@@H](CCCN=C(N)N)C(=O)N[C@@H](Cc1ccccc1)C(=O)NC1CCC(C(=O)O)CC1. The normalized spacial score (nSPS) is 19.5. The Morgan fingerprint density at radius 1 is 0.973 bits per heavy atom. The number of carbonyl (C=O) groups is 4. The van der Waals surface area contributed by atoms with Crippen LogP contribution >= 0.6 is 0 Å². The van der Waals surface area contributed by atoms with E-state index in [2.05, 4.69) is 20.9 Å². The van der Waals surface area contributed by atoms with Crippen LogP contribution in [0, 0.1) is 5.92 Å². The first kappa shape index (κ1) is 29.6. The van der Waals surface area contributed by atoms with Crippen LogP contribution in [0.3, 0.4) is 0 Å². The molecule has 1 aromatic rings. The zero-order valence-electron chi connectivity index (χ0n) is 21.2. The molecule has 0 radical (unpaired) electrons. The molecule has 12 heteroatoms. The lowest BCUT2D eigenvalue weighted by Crippen LogP contribution is -2.57. The molecule has 2 rings (SSSR count). The summed E-state index contributed by atoms with van der Waals surface area (Å²) in [4.78, 5) is 53.9. The standard InChI is InChI=1S/C25H39N7O5/c1-15(26)21(33)31-19(8-5-13-29-25(27)28)22(34)32-20(14-16-6-3-2-4-7-16)23(35)30-18-11-9-17(10-12-18)24(36)37/h2-4,6-7,15,17-20H,5,8-14,26H2,1H3,(H,30,35)(H,31,33)(H,32,34)(H,36,37)(H4,27,28,29)/t15-,17?,18?,19-,20-/m0/s1. The Bertz CT molecular complexity index is 942. The number of aliphatic imine (C=N–C) groups is 1. The number of nitrogens with zero attached hydrogens (tertiary/aromatic N) is 1. The van der Waals surface area contributed by atoms with Crippen molar-refractivity contribution in [2.24, 2.45) is 28.1 Å². The summed E-state index contributed by atoms with van der Waals surface area (Å²) in [6.07, 6.45) is 2.95. The molecule has 1 aromatic carbocycles. The molecule has 0 spiro atoms. The van der Waals surface area contributed by atoms with Crippen LogP contribution in [0.5, 0.6) is 0 Å². The molecule has 1 aliphatic carbocycles. The molecule has 3 amide bonds. The summed E-state index contributed by atoms with van der Waals surface area (Å²) in [7, 11) is 0. The van der Waals surface area contributed by atoms with E-state index in [4.69, 9.17) is 17.2 Å². The minimum atomic E-state index is -0.940. The highest BCUT2D eigenvalue weighted by molar-refractivity contribution is 5.93. The Morgan fingerprint density at radius 3 is 2.16 bits per heavy atom. The van der Waals surface area contributed by atoms with Crippen molar-refractivity contribution in [1.82, 2.24) is 16.0 Å². The number of hydrogen-bond acceptors (Lipinski definition) is 6. The number of benzene rings is 1. The summed E-state index contributed by atoms with van der Waals surface area (Å²) in [5.41, 5.74) is 17.2. The van der Waals surface area contributed by atoms with E-state index in [9.17, 15) is 24.3 Å². The predicted octanol–water partition coefficient (Wildman–Crippen LogP) is -0.641. The van der Waals surface area contributed by atoms with Gasteiger partial charge in [0.1, 0.15) is 12.1 Å². The van der Waals surface area contributed by atoms with Gasteiger partial charge in [0.2, 0.25) is 17.7 Å². The summed E-state index contributed by atoms with van der Waals surface area (Å²) >= 11 is 0. The fraction of sp³-hybridized carbons (Fsp3) is 0.560. The lowest BCUT2D eigenvalue weighted by Gasteiger charge is -2.29. The van der Waals surface area contributed by atoms with Crippen molar-refractivity contribution in [3.8, 4) is 0 Å². The summed E-state index contributed by atoms with van der Waals surface area (Å²) in [5, 5.41) is 17.6. The molecule has 1 fully saturated rings. The zero-order valence-corrected chi connectivity index (χ0v) is 21.2. The van der Waals surface area contributed by atoms with E-state index in [0.717, 1.165) is 5.56 Å². The maximum atomic E-state index is 13.3. The molecule has 0 bridgehead atoms. The van der Waals surface area contributed by atoms with Crippen molar-refractivity contribution in [3.05, 3.63) is 35.9 Å². The second-order valence-electron chi connectivity index (χ2n) is 9.44. The van der Waals surface area contributed by atoms with Crippen LogP contribution in [0.25, 0.3) is 0 Å². The monoisotopic (exact) mass is 517 g/mol. The van der Waals surface area contributed by atoms with Gasteiger partial charge in [0.05, 0.1) is 12.0 Å². The van der Waals surface area contributed by atoms with Gasteiger partial charge in [-0.25, -0.2) is 0 Å².